The molecule has 0 aromatic heterocycles. The van der Waals surface area contributed by atoms with Crippen LogP contribution >= 0.6 is 0 Å². The average Bonchev–Trinajstić information content (AvgIpc) is 2.68. The Morgan fingerprint density at radius 3 is 2.29 bits per heavy atom. The average molecular weight is 406 g/mol. The van der Waals surface area contributed by atoms with E-state index in [0.717, 1.165) is 5.56 Å². The van der Waals surface area contributed by atoms with E-state index in [-0.39, 0.29) is 6.10 Å². The molecule has 0 bridgehead atoms. The van der Waals surface area contributed by atoms with Gasteiger partial charge in [0.05, 0.1) is 18.6 Å². The fourth-order valence-corrected chi connectivity index (χ4v) is 3.11. The third kappa shape index (κ3) is 6.45. The number of hydrogen-bond donors (Lipinski definition) is 2. The molecule has 0 radical (unpaired) electrons. The smallest absolute Gasteiger partial charge is 0.191 e. The van der Waals surface area contributed by atoms with Crippen molar-refractivity contribution in [1.82, 2.24) is 10.6 Å². The van der Waals surface area contributed by atoms with Crippen LogP contribution < -0.4 is 20.1 Å². The molecule has 0 aliphatic rings. The van der Waals surface area contributed by atoms with Crippen LogP contribution in [0.4, 0.5) is 0 Å². The minimum absolute atomic E-state index is 0.108. The van der Waals surface area contributed by atoms with Crippen LogP contribution in [0.15, 0.2) is 58.4 Å². The Balaban J connectivity index is 1.84. The number of ether oxygens (including phenoxy) is 2. The zero-order valence-corrected chi connectivity index (χ0v) is 17.4. The quantitative estimate of drug-likeness (QED) is 0.517. The standard InChI is InChI=1S/C20H27N3O4S/c1-15(27-19-8-6-5-7-18(19)26-3)13-22-20(21-2)23-14-16-9-11-17(12-10-16)28(4,24)25/h5-12,15H,13-14H2,1-4H3,(H2,21,22,23). The van der Waals surface area contributed by atoms with E-state index in [1.165, 1.54) is 6.26 Å². The van der Waals surface area contributed by atoms with Crippen molar-refractivity contribution in [2.45, 2.75) is 24.5 Å². The van der Waals surface area contributed by atoms with Crippen LogP contribution in [0.5, 0.6) is 11.5 Å². The number of nitrogens with zero attached hydrogens (tertiary/aromatic N) is 1. The van der Waals surface area contributed by atoms with Gasteiger partial charge >= 0.3 is 0 Å². The summed E-state index contributed by atoms with van der Waals surface area (Å²) in [5.74, 6) is 2.00. The zero-order chi connectivity index (χ0) is 20.6. The van der Waals surface area contributed by atoms with E-state index in [1.807, 2.05) is 31.2 Å². The maximum absolute atomic E-state index is 11.5. The molecule has 0 heterocycles. The van der Waals surface area contributed by atoms with Crippen LogP contribution in [0.25, 0.3) is 0 Å². The minimum atomic E-state index is -3.18. The molecule has 1 atom stereocenters. The maximum atomic E-state index is 11.5. The van der Waals surface area contributed by atoms with Gasteiger partial charge in [0.15, 0.2) is 27.3 Å². The third-order valence-electron chi connectivity index (χ3n) is 3.99. The first-order chi connectivity index (χ1) is 13.3. The first kappa shape index (κ1) is 21.6. The number of methoxy groups -OCH3 is 1. The number of benzene rings is 2. The molecule has 28 heavy (non-hydrogen) atoms. The van der Waals surface area contributed by atoms with Gasteiger partial charge in [-0.15, -0.1) is 0 Å². The predicted octanol–water partition coefficient (Wildman–Crippen LogP) is 2.23. The van der Waals surface area contributed by atoms with Gasteiger partial charge in [-0.2, -0.15) is 0 Å². The fraction of sp³-hybridized carbons (Fsp3) is 0.350. The Hall–Kier alpha value is -2.74. The topological polar surface area (TPSA) is 89.0 Å². The minimum Gasteiger partial charge on any atom is -0.493 e. The predicted molar refractivity (Wildman–Crippen MR) is 111 cm³/mol. The summed E-state index contributed by atoms with van der Waals surface area (Å²) >= 11 is 0. The lowest BCUT2D eigenvalue weighted by molar-refractivity contribution is 0.213. The molecule has 152 valence electrons. The van der Waals surface area contributed by atoms with Crippen LogP contribution in [0, 0.1) is 0 Å². The molecule has 0 spiro atoms. The SMILES string of the molecule is CN=C(NCc1ccc(S(C)(=O)=O)cc1)NCC(C)Oc1ccccc1OC. The molecule has 0 aliphatic carbocycles. The molecule has 0 aliphatic heterocycles. The van der Waals surface area contributed by atoms with Gasteiger partial charge in [-0.3, -0.25) is 4.99 Å². The Morgan fingerprint density at radius 1 is 1.07 bits per heavy atom. The molecule has 0 saturated carbocycles. The zero-order valence-electron chi connectivity index (χ0n) is 16.6. The van der Waals surface area contributed by atoms with Crippen molar-refractivity contribution in [2.24, 2.45) is 4.99 Å². The van der Waals surface area contributed by atoms with E-state index < -0.39 is 9.84 Å². The first-order valence-corrected chi connectivity index (χ1v) is 10.8. The number of rotatable bonds is 8. The molecular formula is C20H27N3O4S. The van der Waals surface area contributed by atoms with Crippen molar-refractivity contribution in [3.63, 3.8) is 0 Å². The Morgan fingerprint density at radius 2 is 1.71 bits per heavy atom. The second kappa shape index (κ2) is 9.98. The van der Waals surface area contributed by atoms with E-state index in [0.29, 0.717) is 35.4 Å². The molecule has 0 fully saturated rings. The van der Waals surface area contributed by atoms with Gasteiger partial charge in [-0.1, -0.05) is 24.3 Å². The number of guanidine groups is 1. The van der Waals surface area contributed by atoms with E-state index >= 15 is 0 Å². The van der Waals surface area contributed by atoms with Crippen LogP contribution in [-0.4, -0.2) is 47.4 Å². The molecule has 2 N–H and O–H groups in total. The van der Waals surface area contributed by atoms with E-state index in [9.17, 15) is 8.42 Å². The van der Waals surface area contributed by atoms with Crippen LogP contribution in [0.1, 0.15) is 12.5 Å². The summed E-state index contributed by atoms with van der Waals surface area (Å²) < 4.78 is 34.2. The molecule has 7 nitrogen and oxygen atoms in total. The second-order valence-electron chi connectivity index (χ2n) is 6.30. The molecule has 8 heteroatoms. The third-order valence-corrected chi connectivity index (χ3v) is 5.12. The van der Waals surface area contributed by atoms with Gasteiger partial charge in [-0.05, 0) is 36.8 Å². The van der Waals surface area contributed by atoms with Gasteiger partial charge in [0.2, 0.25) is 0 Å². The summed E-state index contributed by atoms with van der Waals surface area (Å²) in [6, 6.07) is 14.3. The lowest BCUT2D eigenvalue weighted by atomic mass is 10.2. The number of hydrogen-bond acceptors (Lipinski definition) is 5. The molecule has 0 amide bonds. The molecule has 0 saturated heterocycles. The summed E-state index contributed by atoms with van der Waals surface area (Å²) in [6.45, 7) is 3.02. The molecule has 2 aromatic rings. The van der Waals surface area contributed by atoms with Crippen LogP contribution in [0.2, 0.25) is 0 Å². The molecular weight excluding hydrogens is 378 g/mol. The summed E-state index contributed by atoms with van der Waals surface area (Å²) in [6.07, 6.45) is 1.09. The Labute approximate surface area is 166 Å². The van der Waals surface area contributed by atoms with E-state index in [2.05, 4.69) is 15.6 Å². The molecule has 2 rings (SSSR count). The lowest BCUT2D eigenvalue weighted by Gasteiger charge is -2.19. The fourth-order valence-electron chi connectivity index (χ4n) is 2.48. The maximum Gasteiger partial charge on any atom is 0.191 e. The highest BCUT2D eigenvalue weighted by molar-refractivity contribution is 7.90. The van der Waals surface area contributed by atoms with Gasteiger partial charge in [-0.25, -0.2) is 8.42 Å². The van der Waals surface area contributed by atoms with Crippen molar-refractivity contribution in [3.8, 4) is 11.5 Å². The van der Waals surface area contributed by atoms with Crippen molar-refractivity contribution in [2.75, 3.05) is 27.0 Å². The van der Waals surface area contributed by atoms with Gasteiger partial charge in [0.1, 0.15) is 6.10 Å². The monoisotopic (exact) mass is 405 g/mol. The summed E-state index contributed by atoms with van der Waals surface area (Å²) in [7, 11) is 0.115. The number of nitrogens with one attached hydrogen (secondary N) is 2. The highest BCUT2D eigenvalue weighted by Gasteiger charge is 2.10. The second-order valence-corrected chi connectivity index (χ2v) is 8.32. The highest BCUT2D eigenvalue weighted by atomic mass is 32.2. The van der Waals surface area contributed by atoms with Gasteiger partial charge in [0, 0.05) is 19.8 Å². The number of aliphatic imine (C=N–C) groups is 1. The largest absolute Gasteiger partial charge is 0.493 e. The highest BCUT2D eigenvalue weighted by Crippen LogP contribution is 2.26. The lowest BCUT2D eigenvalue weighted by Crippen LogP contribution is -2.41. The van der Waals surface area contributed by atoms with Crippen molar-refractivity contribution in [1.29, 1.82) is 0 Å². The normalized spacial score (nSPS) is 12.9. The number of sulfone groups is 1. The molecule has 1 unspecified atom stereocenters. The molecule has 2 aromatic carbocycles. The van der Waals surface area contributed by atoms with Crippen molar-refractivity contribution >= 4 is 15.8 Å². The van der Waals surface area contributed by atoms with Gasteiger partial charge < -0.3 is 20.1 Å². The summed E-state index contributed by atoms with van der Waals surface area (Å²) in [4.78, 5) is 4.50. The van der Waals surface area contributed by atoms with Crippen LogP contribution in [0.3, 0.4) is 0 Å². The van der Waals surface area contributed by atoms with Crippen LogP contribution in [-0.2, 0) is 16.4 Å². The Bertz CT molecular complexity index is 896. The van der Waals surface area contributed by atoms with Crippen molar-refractivity contribution < 1.29 is 17.9 Å². The Kier molecular flexibility index (Phi) is 7.69. The number of para-hydroxylation sites is 2. The van der Waals surface area contributed by atoms with E-state index in [4.69, 9.17) is 9.47 Å². The van der Waals surface area contributed by atoms with Crippen molar-refractivity contribution in [3.05, 3.63) is 54.1 Å². The van der Waals surface area contributed by atoms with Gasteiger partial charge in [0.25, 0.3) is 0 Å². The summed E-state index contributed by atoms with van der Waals surface area (Å²) in [5.41, 5.74) is 0.952. The first-order valence-electron chi connectivity index (χ1n) is 8.86. The van der Waals surface area contributed by atoms with E-state index in [1.54, 1.807) is 38.4 Å². The summed E-state index contributed by atoms with van der Waals surface area (Å²) in [5, 5.41) is 6.40.